The van der Waals surface area contributed by atoms with Crippen LogP contribution in [0, 0.1) is 6.92 Å². The average molecular weight is 537 g/mol. The summed E-state index contributed by atoms with van der Waals surface area (Å²) >= 11 is 1.49. The van der Waals surface area contributed by atoms with Crippen molar-refractivity contribution < 1.29 is 24.6 Å². The molecule has 0 bridgehead atoms. The minimum atomic E-state index is -1.10. The number of aliphatic hydroxyl groups is 1. The van der Waals surface area contributed by atoms with E-state index in [1.807, 2.05) is 42.6 Å². The molecule has 0 spiro atoms. The molecule has 4 rings (SSSR count). The van der Waals surface area contributed by atoms with E-state index in [0.717, 1.165) is 16.3 Å². The molecule has 3 atom stereocenters. The van der Waals surface area contributed by atoms with E-state index in [9.17, 15) is 24.6 Å². The lowest BCUT2D eigenvalue weighted by atomic mass is 9.94. The number of amides is 3. The number of aryl methyl sites for hydroxylation is 1. The van der Waals surface area contributed by atoms with Gasteiger partial charge in [-0.15, -0.1) is 11.3 Å². The molecule has 0 aliphatic carbocycles. The molecule has 0 saturated carbocycles. The van der Waals surface area contributed by atoms with Crippen LogP contribution in [0.4, 0.5) is 4.79 Å². The summed E-state index contributed by atoms with van der Waals surface area (Å²) in [5.74, 6) is -0.686. The Morgan fingerprint density at radius 1 is 1.16 bits per heavy atom. The second-order valence-electron chi connectivity index (χ2n) is 9.57. The standard InChI is InChI=1S/C28H32N4O5S/c1-18-17-38-24(29-18)16-31(2)27(35)21-11-6-10-20(15-21)26(34)30-22(14-19-8-4-3-5-9-19)25(33)23-12-7-13-32(23)28(36)37/h3-6,8-11,15,17,22-23,25,33H,7,12-14,16H2,1-2H3,(H,30,34)(H,36,37). The predicted octanol–water partition coefficient (Wildman–Crippen LogP) is 3.57. The fourth-order valence-corrected chi connectivity index (χ4v) is 5.62. The number of nitrogens with one attached hydrogen (secondary N) is 1. The zero-order valence-corrected chi connectivity index (χ0v) is 22.2. The van der Waals surface area contributed by atoms with Gasteiger partial charge in [0.05, 0.1) is 24.7 Å². The van der Waals surface area contributed by atoms with Crippen LogP contribution in [0.15, 0.2) is 60.0 Å². The first-order valence-corrected chi connectivity index (χ1v) is 13.4. The van der Waals surface area contributed by atoms with Crippen molar-refractivity contribution in [2.24, 2.45) is 0 Å². The number of benzene rings is 2. The molecule has 2 heterocycles. The molecule has 3 N–H and O–H groups in total. The van der Waals surface area contributed by atoms with Crippen LogP contribution in [0.3, 0.4) is 0 Å². The topological polar surface area (TPSA) is 123 Å². The maximum Gasteiger partial charge on any atom is 0.407 e. The van der Waals surface area contributed by atoms with Gasteiger partial charge in [0.2, 0.25) is 0 Å². The van der Waals surface area contributed by atoms with Gasteiger partial charge in [-0.1, -0.05) is 36.4 Å². The molecule has 1 aromatic heterocycles. The highest BCUT2D eigenvalue weighted by Crippen LogP contribution is 2.24. The summed E-state index contributed by atoms with van der Waals surface area (Å²) in [7, 11) is 1.69. The van der Waals surface area contributed by atoms with Crippen molar-refractivity contribution in [1.82, 2.24) is 20.1 Å². The SMILES string of the molecule is Cc1csc(CN(C)C(=O)c2cccc(C(=O)NC(Cc3ccccc3)C(O)C3CCCN3C(=O)O)c2)n1. The maximum atomic E-state index is 13.3. The van der Waals surface area contributed by atoms with E-state index < -0.39 is 30.2 Å². The van der Waals surface area contributed by atoms with E-state index in [1.54, 1.807) is 30.1 Å². The summed E-state index contributed by atoms with van der Waals surface area (Å²) < 4.78 is 0. The molecule has 200 valence electrons. The molecular weight excluding hydrogens is 504 g/mol. The third kappa shape index (κ3) is 6.56. The molecule has 3 aromatic rings. The van der Waals surface area contributed by atoms with Crippen LogP contribution >= 0.6 is 11.3 Å². The fraction of sp³-hybridized carbons (Fsp3) is 0.357. The second-order valence-corrected chi connectivity index (χ2v) is 10.5. The van der Waals surface area contributed by atoms with Crippen LogP contribution in [0.2, 0.25) is 0 Å². The van der Waals surface area contributed by atoms with E-state index in [4.69, 9.17) is 0 Å². The van der Waals surface area contributed by atoms with Gasteiger partial charge in [0.1, 0.15) is 5.01 Å². The van der Waals surface area contributed by atoms with Crippen LogP contribution in [0.25, 0.3) is 0 Å². The van der Waals surface area contributed by atoms with Gasteiger partial charge < -0.3 is 25.3 Å². The Balaban J connectivity index is 1.51. The third-order valence-corrected chi connectivity index (χ3v) is 7.68. The number of thiazole rings is 1. The number of carboxylic acid groups (broad SMARTS) is 1. The Morgan fingerprint density at radius 2 is 1.89 bits per heavy atom. The van der Waals surface area contributed by atoms with E-state index in [1.165, 1.54) is 22.3 Å². The molecule has 1 aliphatic heterocycles. The number of nitrogens with zero attached hydrogens (tertiary/aromatic N) is 3. The minimum Gasteiger partial charge on any atom is -0.465 e. The molecular formula is C28H32N4O5S. The Morgan fingerprint density at radius 3 is 2.58 bits per heavy atom. The summed E-state index contributed by atoms with van der Waals surface area (Å²) in [4.78, 5) is 45.3. The number of carbonyl (C=O) groups excluding carboxylic acids is 2. The van der Waals surface area contributed by atoms with Gasteiger partial charge in [-0.2, -0.15) is 0 Å². The third-order valence-electron chi connectivity index (χ3n) is 6.72. The zero-order valence-electron chi connectivity index (χ0n) is 21.4. The molecule has 3 amide bonds. The van der Waals surface area contributed by atoms with Crippen molar-refractivity contribution in [2.75, 3.05) is 13.6 Å². The fourth-order valence-electron chi connectivity index (χ4n) is 4.79. The second kappa shape index (κ2) is 12.2. The summed E-state index contributed by atoms with van der Waals surface area (Å²) in [5, 5.41) is 26.5. The lowest BCUT2D eigenvalue weighted by Crippen LogP contribution is -2.54. The normalized spacial score (nSPS) is 16.6. The maximum absolute atomic E-state index is 13.3. The molecule has 38 heavy (non-hydrogen) atoms. The summed E-state index contributed by atoms with van der Waals surface area (Å²) in [6.45, 7) is 2.61. The number of hydrogen-bond donors (Lipinski definition) is 3. The van der Waals surface area contributed by atoms with Crippen LogP contribution in [-0.2, 0) is 13.0 Å². The van der Waals surface area contributed by atoms with Crippen molar-refractivity contribution in [3.05, 3.63) is 87.4 Å². The van der Waals surface area contributed by atoms with Crippen molar-refractivity contribution >= 4 is 29.2 Å². The lowest BCUT2D eigenvalue weighted by molar-refractivity contribution is 0.0412. The molecule has 3 unspecified atom stereocenters. The van der Waals surface area contributed by atoms with Gasteiger partial charge in [-0.3, -0.25) is 9.59 Å². The highest BCUT2D eigenvalue weighted by atomic mass is 32.1. The monoisotopic (exact) mass is 536 g/mol. The van der Waals surface area contributed by atoms with Crippen LogP contribution in [0.5, 0.6) is 0 Å². The largest absolute Gasteiger partial charge is 0.465 e. The molecule has 1 aliphatic rings. The molecule has 2 aromatic carbocycles. The summed E-state index contributed by atoms with van der Waals surface area (Å²) in [5.41, 5.74) is 2.45. The number of rotatable bonds is 9. The first-order valence-electron chi connectivity index (χ1n) is 12.5. The van der Waals surface area contributed by atoms with Crippen LogP contribution in [0.1, 0.15) is 49.8 Å². The lowest BCUT2D eigenvalue weighted by Gasteiger charge is -2.32. The van der Waals surface area contributed by atoms with Crippen molar-refractivity contribution in [3.63, 3.8) is 0 Å². The van der Waals surface area contributed by atoms with E-state index in [2.05, 4.69) is 10.3 Å². The Kier molecular flexibility index (Phi) is 8.75. The molecule has 9 nitrogen and oxygen atoms in total. The quantitative estimate of drug-likeness (QED) is 0.384. The highest BCUT2D eigenvalue weighted by Gasteiger charge is 2.38. The van der Waals surface area contributed by atoms with Crippen LogP contribution in [-0.4, -0.2) is 74.7 Å². The molecule has 10 heteroatoms. The van der Waals surface area contributed by atoms with E-state index >= 15 is 0 Å². The summed E-state index contributed by atoms with van der Waals surface area (Å²) in [6.07, 6.45) is -0.691. The molecule has 1 saturated heterocycles. The molecule has 0 radical (unpaired) electrons. The Labute approximate surface area is 225 Å². The van der Waals surface area contributed by atoms with Crippen molar-refractivity contribution in [3.8, 4) is 0 Å². The van der Waals surface area contributed by atoms with Crippen molar-refractivity contribution in [2.45, 2.75) is 50.9 Å². The first-order chi connectivity index (χ1) is 18.2. The number of aromatic nitrogens is 1. The number of hydrogen-bond acceptors (Lipinski definition) is 6. The van der Waals surface area contributed by atoms with E-state index in [-0.39, 0.29) is 11.5 Å². The van der Waals surface area contributed by atoms with Gasteiger partial charge in [0.25, 0.3) is 11.8 Å². The number of carbonyl (C=O) groups is 3. The molecule has 1 fully saturated rings. The van der Waals surface area contributed by atoms with Gasteiger partial charge in [0, 0.05) is 35.8 Å². The number of aliphatic hydroxyl groups excluding tert-OH is 1. The van der Waals surface area contributed by atoms with Crippen molar-refractivity contribution in [1.29, 1.82) is 0 Å². The number of likely N-dealkylation sites (tertiary alicyclic amines) is 1. The van der Waals surface area contributed by atoms with E-state index in [0.29, 0.717) is 37.9 Å². The minimum absolute atomic E-state index is 0.239. The van der Waals surface area contributed by atoms with Gasteiger partial charge in [0.15, 0.2) is 0 Å². The Bertz CT molecular complexity index is 1280. The van der Waals surface area contributed by atoms with Crippen LogP contribution < -0.4 is 5.32 Å². The Hall–Kier alpha value is -3.76. The highest BCUT2D eigenvalue weighted by molar-refractivity contribution is 7.09. The summed E-state index contributed by atoms with van der Waals surface area (Å²) in [6, 6.07) is 14.5. The average Bonchev–Trinajstić information content (AvgIpc) is 3.57. The van der Waals surface area contributed by atoms with Gasteiger partial charge >= 0.3 is 6.09 Å². The predicted molar refractivity (Wildman–Crippen MR) is 144 cm³/mol. The van der Waals surface area contributed by atoms with Gasteiger partial charge in [-0.05, 0) is 49.9 Å². The first kappa shape index (κ1) is 27.3. The zero-order chi connectivity index (χ0) is 27.2. The smallest absolute Gasteiger partial charge is 0.407 e. The van der Waals surface area contributed by atoms with Gasteiger partial charge in [-0.25, -0.2) is 9.78 Å².